The van der Waals surface area contributed by atoms with Gasteiger partial charge in [-0.25, -0.2) is 0 Å². The minimum absolute atomic E-state index is 0.0324. The lowest BCUT2D eigenvalue weighted by Gasteiger charge is -2.21. The van der Waals surface area contributed by atoms with E-state index in [4.69, 9.17) is 11.6 Å². The number of ketones is 1. The van der Waals surface area contributed by atoms with Gasteiger partial charge in [0.1, 0.15) is 0 Å². The molecule has 0 radical (unpaired) electrons. The summed E-state index contributed by atoms with van der Waals surface area (Å²) in [5, 5.41) is 10.4. The molecule has 0 saturated carbocycles. The van der Waals surface area contributed by atoms with Gasteiger partial charge < -0.3 is 10.0 Å². The van der Waals surface area contributed by atoms with Crippen LogP contribution in [-0.4, -0.2) is 29.6 Å². The number of hydrogen-bond donors (Lipinski definition) is 1. The van der Waals surface area contributed by atoms with E-state index in [1.54, 1.807) is 12.1 Å². The summed E-state index contributed by atoms with van der Waals surface area (Å²) in [6.45, 7) is 4.74. The Hall–Kier alpha value is -1.06. The third-order valence-corrected chi connectivity index (χ3v) is 3.46. The summed E-state index contributed by atoms with van der Waals surface area (Å²) in [5.41, 5.74) is 0.866. The summed E-state index contributed by atoms with van der Waals surface area (Å²) in [7, 11) is 0. The van der Waals surface area contributed by atoms with Crippen LogP contribution in [0.5, 0.6) is 0 Å². The van der Waals surface area contributed by atoms with Gasteiger partial charge in [-0.2, -0.15) is 0 Å². The molecular formula is C13H16ClNO2. The molecule has 0 aromatic heterocycles. The van der Waals surface area contributed by atoms with Crippen LogP contribution < -0.4 is 4.90 Å². The summed E-state index contributed by atoms with van der Waals surface area (Å²) >= 11 is 6.06. The standard InChI is InChI=1S/C13H16ClNO2/c1-9(16)11-4-3-10(7-12(11)14)15-6-5-13(2,17)8-15/h3-4,7,17H,5-6,8H2,1-2H3. The number of rotatable bonds is 2. The van der Waals surface area contributed by atoms with E-state index in [1.165, 1.54) is 6.92 Å². The highest BCUT2D eigenvalue weighted by Crippen LogP contribution is 2.29. The predicted octanol–water partition coefficient (Wildman–Crippen LogP) is 2.50. The van der Waals surface area contributed by atoms with Crippen molar-refractivity contribution in [3.8, 4) is 0 Å². The second kappa shape index (κ2) is 4.31. The van der Waals surface area contributed by atoms with Crippen molar-refractivity contribution in [2.45, 2.75) is 25.9 Å². The van der Waals surface area contributed by atoms with Crippen molar-refractivity contribution in [1.29, 1.82) is 0 Å². The largest absolute Gasteiger partial charge is 0.388 e. The second-order valence-electron chi connectivity index (χ2n) is 4.89. The van der Waals surface area contributed by atoms with E-state index in [0.29, 0.717) is 17.1 Å². The first-order valence-corrected chi connectivity index (χ1v) is 6.05. The Morgan fingerprint density at radius 2 is 2.24 bits per heavy atom. The van der Waals surface area contributed by atoms with Crippen molar-refractivity contribution in [3.63, 3.8) is 0 Å². The molecule has 1 N–H and O–H groups in total. The molecule has 1 aromatic carbocycles. The van der Waals surface area contributed by atoms with Crippen LogP contribution in [0.15, 0.2) is 18.2 Å². The van der Waals surface area contributed by atoms with Crippen LogP contribution in [-0.2, 0) is 0 Å². The first-order chi connectivity index (χ1) is 7.89. The molecule has 1 fully saturated rings. The van der Waals surface area contributed by atoms with Crippen LogP contribution in [0.2, 0.25) is 5.02 Å². The Morgan fingerprint density at radius 1 is 1.53 bits per heavy atom. The fourth-order valence-corrected chi connectivity index (χ4v) is 2.46. The van der Waals surface area contributed by atoms with Gasteiger partial charge in [0.05, 0.1) is 10.6 Å². The fraction of sp³-hybridized carbons (Fsp3) is 0.462. The van der Waals surface area contributed by atoms with E-state index in [9.17, 15) is 9.90 Å². The molecular weight excluding hydrogens is 238 g/mol. The zero-order valence-corrected chi connectivity index (χ0v) is 10.8. The van der Waals surface area contributed by atoms with Crippen molar-refractivity contribution in [3.05, 3.63) is 28.8 Å². The number of anilines is 1. The van der Waals surface area contributed by atoms with E-state index in [0.717, 1.165) is 18.7 Å². The smallest absolute Gasteiger partial charge is 0.161 e. The van der Waals surface area contributed by atoms with E-state index in [2.05, 4.69) is 4.90 Å². The lowest BCUT2D eigenvalue weighted by Crippen LogP contribution is -2.29. The molecule has 1 heterocycles. The molecule has 0 amide bonds. The molecule has 3 nitrogen and oxygen atoms in total. The number of benzene rings is 1. The maximum atomic E-state index is 11.3. The predicted molar refractivity (Wildman–Crippen MR) is 68.9 cm³/mol. The van der Waals surface area contributed by atoms with Crippen molar-refractivity contribution < 1.29 is 9.90 Å². The van der Waals surface area contributed by atoms with Crippen LogP contribution in [0.25, 0.3) is 0 Å². The van der Waals surface area contributed by atoms with Gasteiger partial charge in [0.25, 0.3) is 0 Å². The van der Waals surface area contributed by atoms with Crippen LogP contribution in [0.3, 0.4) is 0 Å². The number of carbonyl (C=O) groups is 1. The molecule has 4 heteroatoms. The first kappa shape index (κ1) is 12.4. The molecule has 1 aliphatic rings. The van der Waals surface area contributed by atoms with Crippen LogP contribution in [0.4, 0.5) is 5.69 Å². The molecule has 1 atom stereocenters. The van der Waals surface area contributed by atoms with Crippen molar-refractivity contribution in [1.82, 2.24) is 0 Å². The van der Waals surface area contributed by atoms with E-state index in [1.807, 2.05) is 13.0 Å². The van der Waals surface area contributed by atoms with E-state index >= 15 is 0 Å². The number of Topliss-reactive ketones (excluding diaryl/α,β-unsaturated/α-hetero) is 1. The number of hydrogen-bond acceptors (Lipinski definition) is 3. The van der Waals surface area contributed by atoms with Gasteiger partial charge in [0, 0.05) is 24.3 Å². The maximum Gasteiger partial charge on any atom is 0.161 e. The highest BCUT2D eigenvalue weighted by molar-refractivity contribution is 6.34. The summed E-state index contributed by atoms with van der Waals surface area (Å²) in [4.78, 5) is 13.3. The normalized spacial score (nSPS) is 24.1. The number of aliphatic hydroxyl groups is 1. The molecule has 0 aliphatic carbocycles. The second-order valence-corrected chi connectivity index (χ2v) is 5.30. The van der Waals surface area contributed by atoms with Gasteiger partial charge in [0.15, 0.2) is 5.78 Å². The van der Waals surface area contributed by atoms with Gasteiger partial charge in [-0.05, 0) is 38.5 Å². The molecule has 17 heavy (non-hydrogen) atoms. The summed E-state index contributed by atoms with van der Waals surface area (Å²) in [6, 6.07) is 5.41. The Balaban J connectivity index is 2.24. The number of β-amino-alcohol motifs (C(OH)–C–C–N with tert-alkyl or cyclic N) is 1. The van der Waals surface area contributed by atoms with Gasteiger partial charge in [-0.1, -0.05) is 11.6 Å². The van der Waals surface area contributed by atoms with Crippen molar-refractivity contribution >= 4 is 23.1 Å². The minimum atomic E-state index is -0.633. The highest BCUT2D eigenvalue weighted by atomic mass is 35.5. The van der Waals surface area contributed by atoms with Gasteiger partial charge in [-0.15, -0.1) is 0 Å². The number of nitrogens with zero attached hydrogens (tertiary/aromatic N) is 1. The maximum absolute atomic E-state index is 11.3. The molecule has 1 aromatic rings. The molecule has 92 valence electrons. The van der Waals surface area contributed by atoms with Crippen LogP contribution in [0.1, 0.15) is 30.6 Å². The lowest BCUT2D eigenvalue weighted by molar-refractivity contribution is 0.0839. The van der Waals surface area contributed by atoms with E-state index < -0.39 is 5.60 Å². The lowest BCUT2D eigenvalue weighted by atomic mass is 10.1. The van der Waals surface area contributed by atoms with E-state index in [-0.39, 0.29) is 5.78 Å². The summed E-state index contributed by atoms with van der Waals surface area (Å²) < 4.78 is 0. The zero-order valence-electron chi connectivity index (χ0n) is 10.0. The Kier molecular flexibility index (Phi) is 3.15. The number of halogens is 1. The number of carbonyl (C=O) groups excluding carboxylic acids is 1. The summed E-state index contributed by atoms with van der Waals surface area (Å²) in [5.74, 6) is -0.0324. The quantitative estimate of drug-likeness (QED) is 0.824. The molecule has 1 aliphatic heterocycles. The average Bonchev–Trinajstić information content (AvgIpc) is 2.58. The van der Waals surface area contributed by atoms with Gasteiger partial charge >= 0.3 is 0 Å². The molecule has 0 bridgehead atoms. The van der Waals surface area contributed by atoms with Crippen LogP contribution in [0, 0.1) is 0 Å². The van der Waals surface area contributed by atoms with Crippen LogP contribution >= 0.6 is 11.6 Å². The zero-order chi connectivity index (χ0) is 12.6. The SMILES string of the molecule is CC(=O)c1ccc(N2CCC(C)(O)C2)cc1Cl. The third-order valence-electron chi connectivity index (χ3n) is 3.15. The first-order valence-electron chi connectivity index (χ1n) is 5.67. The topological polar surface area (TPSA) is 40.5 Å². The minimum Gasteiger partial charge on any atom is -0.388 e. The molecule has 0 spiro atoms. The van der Waals surface area contributed by atoms with Crippen molar-refractivity contribution in [2.24, 2.45) is 0 Å². The van der Waals surface area contributed by atoms with Crippen molar-refractivity contribution in [2.75, 3.05) is 18.0 Å². The third kappa shape index (κ3) is 2.61. The Bertz CT molecular complexity index is 457. The monoisotopic (exact) mass is 253 g/mol. The Labute approximate surface area is 106 Å². The Morgan fingerprint density at radius 3 is 2.71 bits per heavy atom. The van der Waals surface area contributed by atoms with Gasteiger partial charge in [0.2, 0.25) is 0 Å². The average molecular weight is 254 g/mol. The molecule has 1 unspecified atom stereocenters. The molecule has 1 saturated heterocycles. The van der Waals surface area contributed by atoms with Gasteiger partial charge in [-0.3, -0.25) is 4.79 Å². The highest BCUT2D eigenvalue weighted by Gasteiger charge is 2.31. The summed E-state index contributed by atoms with van der Waals surface area (Å²) in [6.07, 6.45) is 0.749. The fourth-order valence-electron chi connectivity index (χ4n) is 2.15. The molecule has 2 rings (SSSR count).